The standard InChI is InChI=1S/C15H12N2O2/c1-19-15(18)13(9-16)10-17-14-7-6-11-4-2-3-5-12(11)8-14/h2-8,10,17H,1H3/b13-10+. The van der Waals surface area contributed by atoms with Gasteiger partial charge in [0, 0.05) is 11.9 Å². The van der Waals surface area contributed by atoms with E-state index in [-0.39, 0.29) is 5.57 Å². The molecule has 0 saturated heterocycles. The average Bonchev–Trinajstić information content (AvgIpc) is 2.47. The predicted octanol–water partition coefficient (Wildman–Crippen LogP) is 2.83. The van der Waals surface area contributed by atoms with Crippen LogP contribution >= 0.6 is 0 Å². The van der Waals surface area contributed by atoms with E-state index < -0.39 is 5.97 Å². The van der Waals surface area contributed by atoms with Crippen LogP contribution in [0.5, 0.6) is 0 Å². The Hall–Kier alpha value is -2.80. The van der Waals surface area contributed by atoms with Crippen LogP contribution < -0.4 is 5.32 Å². The lowest BCUT2D eigenvalue weighted by Gasteiger charge is -2.04. The number of carbonyl (C=O) groups excluding carboxylic acids is 1. The average molecular weight is 252 g/mol. The van der Waals surface area contributed by atoms with Gasteiger partial charge in [0.15, 0.2) is 5.57 Å². The first-order chi connectivity index (χ1) is 9.24. The molecule has 2 rings (SSSR count). The Morgan fingerprint density at radius 2 is 2.00 bits per heavy atom. The number of anilines is 1. The molecule has 19 heavy (non-hydrogen) atoms. The Balaban J connectivity index is 2.24. The normalized spacial score (nSPS) is 10.8. The van der Waals surface area contributed by atoms with Gasteiger partial charge >= 0.3 is 5.97 Å². The fraction of sp³-hybridized carbons (Fsp3) is 0.0667. The number of nitriles is 1. The Kier molecular flexibility index (Phi) is 3.79. The van der Waals surface area contributed by atoms with Crippen molar-refractivity contribution in [2.24, 2.45) is 0 Å². The van der Waals surface area contributed by atoms with Crippen molar-refractivity contribution in [3.8, 4) is 6.07 Å². The number of nitrogens with one attached hydrogen (secondary N) is 1. The van der Waals surface area contributed by atoms with Crippen molar-refractivity contribution in [1.82, 2.24) is 0 Å². The van der Waals surface area contributed by atoms with E-state index in [2.05, 4.69) is 10.1 Å². The highest BCUT2D eigenvalue weighted by atomic mass is 16.5. The molecule has 0 fully saturated rings. The second-order valence-electron chi connectivity index (χ2n) is 3.87. The molecule has 0 saturated carbocycles. The molecule has 0 aliphatic heterocycles. The number of esters is 1. The molecule has 94 valence electrons. The van der Waals surface area contributed by atoms with Crippen LogP contribution in [0.4, 0.5) is 5.69 Å². The van der Waals surface area contributed by atoms with Gasteiger partial charge in [0.2, 0.25) is 0 Å². The topological polar surface area (TPSA) is 62.1 Å². The predicted molar refractivity (Wildman–Crippen MR) is 73.3 cm³/mol. The van der Waals surface area contributed by atoms with Crippen LogP contribution in [0.2, 0.25) is 0 Å². The zero-order chi connectivity index (χ0) is 13.7. The first-order valence-corrected chi connectivity index (χ1v) is 5.68. The van der Waals surface area contributed by atoms with E-state index in [0.717, 1.165) is 16.5 Å². The summed E-state index contributed by atoms with van der Waals surface area (Å²) in [5.41, 5.74) is 0.728. The van der Waals surface area contributed by atoms with Crippen molar-refractivity contribution >= 4 is 22.4 Å². The van der Waals surface area contributed by atoms with Gasteiger partial charge < -0.3 is 10.1 Å². The monoisotopic (exact) mass is 252 g/mol. The number of hydrogen-bond acceptors (Lipinski definition) is 4. The molecule has 0 amide bonds. The quantitative estimate of drug-likeness (QED) is 0.518. The fourth-order valence-electron chi connectivity index (χ4n) is 1.68. The molecule has 0 aliphatic carbocycles. The number of rotatable bonds is 3. The lowest BCUT2D eigenvalue weighted by atomic mass is 10.1. The molecule has 2 aromatic rings. The van der Waals surface area contributed by atoms with Gasteiger partial charge in [-0.05, 0) is 22.9 Å². The molecular formula is C15H12N2O2. The lowest BCUT2D eigenvalue weighted by molar-refractivity contribution is -0.135. The summed E-state index contributed by atoms with van der Waals surface area (Å²) in [6, 6.07) is 15.5. The molecule has 4 heteroatoms. The van der Waals surface area contributed by atoms with E-state index in [1.165, 1.54) is 13.3 Å². The van der Waals surface area contributed by atoms with E-state index in [1.807, 2.05) is 42.5 Å². The summed E-state index contributed by atoms with van der Waals surface area (Å²) in [5.74, 6) is -0.657. The first-order valence-electron chi connectivity index (χ1n) is 5.68. The number of ether oxygens (including phenoxy) is 1. The number of benzene rings is 2. The van der Waals surface area contributed by atoms with Crippen molar-refractivity contribution < 1.29 is 9.53 Å². The van der Waals surface area contributed by atoms with Crippen LogP contribution in [0, 0.1) is 11.3 Å². The highest BCUT2D eigenvalue weighted by Crippen LogP contribution is 2.18. The third kappa shape index (κ3) is 2.90. The maximum atomic E-state index is 11.2. The van der Waals surface area contributed by atoms with Gasteiger partial charge in [-0.2, -0.15) is 5.26 Å². The number of nitrogens with zero attached hydrogens (tertiary/aromatic N) is 1. The minimum absolute atomic E-state index is 0.0735. The summed E-state index contributed by atoms with van der Waals surface area (Å²) in [7, 11) is 1.24. The number of methoxy groups -OCH3 is 1. The van der Waals surface area contributed by atoms with Crippen molar-refractivity contribution in [2.75, 3.05) is 12.4 Å². The zero-order valence-electron chi connectivity index (χ0n) is 10.4. The van der Waals surface area contributed by atoms with Gasteiger partial charge in [-0.1, -0.05) is 30.3 Å². The Morgan fingerprint density at radius 1 is 1.26 bits per heavy atom. The van der Waals surface area contributed by atoms with Crippen LogP contribution in [-0.2, 0) is 9.53 Å². The SMILES string of the molecule is COC(=O)/C(C#N)=C/Nc1ccc2ccccc2c1. The minimum Gasteiger partial charge on any atom is -0.465 e. The Bertz CT molecular complexity index is 684. The van der Waals surface area contributed by atoms with Crippen molar-refractivity contribution in [3.05, 3.63) is 54.2 Å². The van der Waals surface area contributed by atoms with Crippen LogP contribution in [0.3, 0.4) is 0 Å². The van der Waals surface area contributed by atoms with Gasteiger partial charge in [-0.25, -0.2) is 4.79 Å². The van der Waals surface area contributed by atoms with E-state index >= 15 is 0 Å². The van der Waals surface area contributed by atoms with Crippen LogP contribution in [0.15, 0.2) is 54.2 Å². The van der Waals surface area contributed by atoms with Gasteiger partial charge in [-0.3, -0.25) is 0 Å². The maximum absolute atomic E-state index is 11.2. The minimum atomic E-state index is -0.657. The second-order valence-corrected chi connectivity index (χ2v) is 3.87. The summed E-state index contributed by atoms with van der Waals surface area (Å²) in [6.45, 7) is 0. The van der Waals surface area contributed by atoms with E-state index in [4.69, 9.17) is 5.26 Å². The summed E-state index contributed by atoms with van der Waals surface area (Å²) in [5, 5.41) is 13.9. The van der Waals surface area contributed by atoms with E-state index in [9.17, 15) is 4.79 Å². The highest BCUT2D eigenvalue weighted by Gasteiger charge is 2.07. The van der Waals surface area contributed by atoms with Gasteiger partial charge in [0.1, 0.15) is 6.07 Å². The van der Waals surface area contributed by atoms with Gasteiger partial charge in [0.05, 0.1) is 7.11 Å². The molecule has 0 aliphatic rings. The van der Waals surface area contributed by atoms with Crippen molar-refractivity contribution in [3.63, 3.8) is 0 Å². The summed E-state index contributed by atoms with van der Waals surface area (Å²) >= 11 is 0. The molecule has 4 nitrogen and oxygen atoms in total. The summed E-state index contributed by atoms with van der Waals surface area (Å²) in [4.78, 5) is 11.2. The van der Waals surface area contributed by atoms with Crippen LogP contribution in [-0.4, -0.2) is 13.1 Å². The summed E-state index contributed by atoms with van der Waals surface area (Å²) in [6.07, 6.45) is 1.34. The highest BCUT2D eigenvalue weighted by molar-refractivity contribution is 5.93. The number of hydrogen-bond donors (Lipinski definition) is 1. The lowest BCUT2D eigenvalue weighted by Crippen LogP contribution is -2.05. The Morgan fingerprint density at radius 3 is 2.68 bits per heavy atom. The molecule has 0 bridgehead atoms. The molecule has 0 atom stereocenters. The maximum Gasteiger partial charge on any atom is 0.350 e. The molecule has 0 heterocycles. The third-order valence-corrected chi connectivity index (χ3v) is 2.66. The molecule has 1 N–H and O–H groups in total. The van der Waals surface area contributed by atoms with Gasteiger partial charge in [-0.15, -0.1) is 0 Å². The largest absolute Gasteiger partial charge is 0.465 e. The molecule has 0 spiro atoms. The fourth-order valence-corrected chi connectivity index (χ4v) is 1.68. The third-order valence-electron chi connectivity index (χ3n) is 2.66. The summed E-state index contributed by atoms with van der Waals surface area (Å²) < 4.78 is 4.49. The number of carbonyl (C=O) groups is 1. The molecule has 0 unspecified atom stereocenters. The molecule has 2 aromatic carbocycles. The zero-order valence-corrected chi connectivity index (χ0v) is 10.4. The molecular weight excluding hydrogens is 240 g/mol. The Labute approximate surface area is 110 Å². The van der Waals surface area contributed by atoms with Crippen molar-refractivity contribution in [2.45, 2.75) is 0 Å². The van der Waals surface area contributed by atoms with E-state index in [1.54, 1.807) is 6.07 Å². The van der Waals surface area contributed by atoms with Crippen molar-refractivity contribution in [1.29, 1.82) is 5.26 Å². The smallest absolute Gasteiger partial charge is 0.350 e. The van der Waals surface area contributed by atoms with E-state index in [0.29, 0.717) is 0 Å². The van der Waals surface area contributed by atoms with Crippen LogP contribution in [0.25, 0.3) is 10.8 Å². The molecule has 0 radical (unpaired) electrons. The molecule has 0 aromatic heterocycles. The second kappa shape index (κ2) is 5.69. The first kappa shape index (κ1) is 12.7. The van der Waals surface area contributed by atoms with Gasteiger partial charge in [0.25, 0.3) is 0 Å². The number of fused-ring (bicyclic) bond motifs is 1. The van der Waals surface area contributed by atoms with Crippen LogP contribution in [0.1, 0.15) is 0 Å².